The first-order valence-corrected chi connectivity index (χ1v) is 7.67. The van der Waals surface area contributed by atoms with Crippen LogP contribution in [0.3, 0.4) is 0 Å². The Morgan fingerprint density at radius 2 is 2.00 bits per heavy atom. The lowest BCUT2D eigenvalue weighted by Crippen LogP contribution is -2.33. The third-order valence-electron chi connectivity index (χ3n) is 4.08. The Balaban J connectivity index is 1.81. The minimum Gasteiger partial charge on any atom is -0.309 e. The molecule has 6 nitrogen and oxygen atoms in total. The van der Waals surface area contributed by atoms with E-state index in [-0.39, 0.29) is 17.6 Å². The fraction of sp³-hybridized carbons (Fsp3) is 0.222. The van der Waals surface area contributed by atoms with Gasteiger partial charge in [-0.25, -0.2) is 0 Å². The second-order valence-corrected chi connectivity index (χ2v) is 5.86. The van der Waals surface area contributed by atoms with Crippen molar-refractivity contribution in [3.63, 3.8) is 0 Å². The van der Waals surface area contributed by atoms with E-state index in [2.05, 4.69) is 4.99 Å². The van der Waals surface area contributed by atoms with Crippen LogP contribution in [0.5, 0.6) is 0 Å². The van der Waals surface area contributed by atoms with Gasteiger partial charge in [-0.2, -0.15) is 0 Å². The molecule has 0 fully saturated rings. The Morgan fingerprint density at radius 1 is 1.29 bits per heavy atom. The van der Waals surface area contributed by atoms with Gasteiger partial charge in [-0.3, -0.25) is 19.9 Å². The van der Waals surface area contributed by atoms with Crippen LogP contribution < -0.4 is 4.90 Å². The lowest BCUT2D eigenvalue weighted by molar-refractivity contribution is -0.384. The average Bonchev–Trinajstić information content (AvgIpc) is 2.88. The molecule has 0 N–H and O–H groups in total. The van der Waals surface area contributed by atoms with Crippen molar-refractivity contribution in [2.75, 3.05) is 4.90 Å². The van der Waals surface area contributed by atoms with Crippen LogP contribution in [0, 0.1) is 10.1 Å². The van der Waals surface area contributed by atoms with Crippen LogP contribution in [-0.2, 0) is 11.2 Å². The summed E-state index contributed by atoms with van der Waals surface area (Å²) < 4.78 is 0. The number of carbonyl (C=O) groups excluding carboxylic acids is 1. The summed E-state index contributed by atoms with van der Waals surface area (Å²) >= 11 is 0. The van der Waals surface area contributed by atoms with Crippen molar-refractivity contribution < 1.29 is 9.72 Å². The molecule has 0 saturated carbocycles. The van der Waals surface area contributed by atoms with Gasteiger partial charge in [0.25, 0.3) is 5.69 Å². The molecule has 0 aliphatic carbocycles. The van der Waals surface area contributed by atoms with Gasteiger partial charge in [-0.05, 0) is 54.8 Å². The number of benzene rings is 2. The smallest absolute Gasteiger partial charge is 0.269 e. The van der Waals surface area contributed by atoms with Crippen molar-refractivity contribution in [2.45, 2.75) is 26.3 Å². The molecule has 2 aromatic carbocycles. The first-order chi connectivity index (χ1) is 11.5. The molecule has 0 saturated heterocycles. The van der Waals surface area contributed by atoms with Gasteiger partial charge in [-0.1, -0.05) is 0 Å². The van der Waals surface area contributed by atoms with Gasteiger partial charge in [0.15, 0.2) is 0 Å². The number of hydrogen-bond donors (Lipinski definition) is 0. The van der Waals surface area contributed by atoms with Crippen molar-refractivity contribution in [3.8, 4) is 0 Å². The van der Waals surface area contributed by atoms with Crippen molar-refractivity contribution in [2.24, 2.45) is 4.99 Å². The van der Waals surface area contributed by atoms with Gasteiger partial charge >= 0.3 is 0 Å². The lowest BCUT2D eigenvalue weighted by Gasteiger charge is -2.20. The van der Waals surface area contributed by atoms with Crippen LogP contribution in [-0.4, -0.2) is 23.1 Å². The highest BCUT2D eigenvalue weighted by atomic mass is 16.6. The largest absolute Gasteiger partial charge is 0.309 e. The highest BCUT2D eigenvalue weighted by Gasteiger charge is 2.28. The fourth-order valence-electron chi connectivity index (χ4n) is 3.01. The zero-order valence-electron chi connectivity index (χ0n) is 13.5. The summed E-state index contributed by atoms with van der Waals surface area (Å²) in [5.74, 6) is 0.0448. The van der Waals surface area contributed by atoms with Gasteiger partial charge in [-0.15, -0.1) is 0 Å². The summed E-state index contributed by atoms with van der Waals surface area (Å²) in [6.07, 6.45) is 2.49. The number of hydrogen-bond acceptors (Lipinski definition) is 4. The lowest BCUT2D eigenvalue weighted by atomic mass is 10.1. The zero-order valence-corrected chi connectivity index (χ0v) is 13.5. The predicted octanol–water partition coefficient (Wildman–Crippen LogP) is 3.64. The molecule has 0 spiro atoms. The van der Waals surface area contributed by atoms with E-state index in [9.17, 15) is 14.9 Å². The van der Waals surface area contributed by atoms with Crippen LogP contribution in [0.4, 0.5) is 17.1 Å². The van der Waals surface area contributed by atoms with Crippen molar-refractivity contribution >= 4 is 29.2 Å². The molecule has 24 heavy (non-hydrogen) atoms. The Labute approximate surface area is 139 Å². The Morgan fingerprint density at radius 3 is 2.62 bits per heavy atom. The number of anilines is 1. The first kappa shape index (κ1) is 15.9. The van der Waals surface area contributed by atoms with Crippen LogP contribution in [0.25, 0.3) is 0 Å². The van der Waals surface area contributed by atoms with Crippen molar-refractivity contribution in [1.29, 1.82) is 0 Å². The first-order valence-electron chi connectivity index (χ1n) is 7.67. The molecule has 1 unspecified atom stereocenters. The van der Waals surface area contributed by atoms with Gasteiger partial charge < -0.3 is 4.90 Å². The molecule has 0 bridgehead atoms. The average molecular weight is 323 g/mol. The van der Waals surface area contributed by atoms with E-state index < -0.39 is 4.92 Å². The summed E-state index contributed by atoms with van der Waals surface area (Å²) in [6, 6.07) is 12.2. The normalized spacial score (nSPS) is 16.4. The number of nitro benzene ring substituents is 1. The Bertz CT molecular complexity index is 828. The van der Waals surface area contributed by atoms with Crippen LogP contribution >= 0.6 is 0 Å². The van der Waals surface area contributed by atoms with Crippen LogP contribution in [0.2, 0.25) is 0 Å². The van der Waals surface area contributed by atoms with Gasteiger partial charge in [0.1, 0.15) is 0 Å². The van der Waals surface area contributed by atoms with E-state index >= 15 is 0 Å². The molecule has 0 aromatic heterocycles. The summed E-state index contributed by atoms with van der Waals surface area (Å²) in [5, 5.41) is 10.6. The minimum absolute atomic E-state index is 0.0448. The second kappa shape index (κ2) is 6.23. The number of amides is 1. The molecule has 3 rings (SSSR count). The highest BCUT2D eigenvalue weighted by molar-refractivity contribution is 5.95. The minimum atomic E-state index is -0.427. The molecular weight excluding hydrogens is 306 g/mol. The van der Waals surface area contributed by atoms with Crippen LogP contribution in [0.15, 0.2) is 47.5 Å². The number of carbonyl (C=O) groups is 1. The highest BCUT2D eigenvalue weighted by Crippen LogP contribution is 2.34. The quantitative estimate of drug-likeness (QED) is 0.491. The Hall–Kier alpha value is -3.02. The van der Waals surface area contributed by atoms with Crippen LogP contribution in [0.1, 0.15) is 25.0 Å². The van der Waals surface area contributed by atoms with Gasteiger partial charge in [0.05, 0.1) is 10.6 Å². The maximum atomic E-state index is 11.7. The van der Waals surface area contributed by atoms with Crippen molar-refractivity contribution in [1.82, 2.24) is 0 Å². The maximum Gasteiger partial charge on any atom is 0.269 e. The molecule has 122 valence electrons. The van der Waals surface area contributed by atoms with E-state index in [4.69, 9.17) is 0 Å². The summed E-state index contributed by atoms with van der Waals surface area (Å²) in [5.41, 5.74) is 3.70. The van der Waals surface area contributed by atoms with E-state index in [0.29, 0.717) is 0 Å². The number of nitro groups is 1. The number of non-ortho nitro benzene ring substituents is 1. The van der Waals surface area contributed by atoms with Gasteiger partial charge in [0.2, 0.25) is 5.91 Å². The summed E-state index contributed by atoms with van der Waals surface area (Å²) in [7, 11) is 0. The second-order valence-electron chi connectivity index (χ2n) is 5.86. The van der Waals surface area contributed by atoms with E-state index in [0.717, 1.165) is 28.9 Å². The monoisotopic (exact) mass is 323 g/mol. The predicted molar refractivity (Wildman–Crippen MR) is 93.1 cm³/mol. The molecule has 1 atom stereocenters. The number of rotatable bonds is 3. The van der Waals surface area contributed by atoms with E-state index in [1.54, 1.807) is 30.2 Å². The fourth-order valence-corrected chi connectivity index (χ4v) is 3.01. The summed E-state index contributed by atoms with van der Waals surface area (Å²) in [6.45, 7) is 3.60. The molecule has 2 aromatic rings. The summed E-state index contributed by atoms with van der Waals surface area (Å²) in [4.78, 5) is 28.2. The molecule has 1 aliphatic rings. The maximum absolute atomic E-state index is 11.7. The molecule has 0 radical (unpaired) electrons. The number of aliphatic imine (C=N–C) groups is 1. The number of nitrogens with zero attached hydrogens (tertiary/aromatic N) is 3. The third kappa shape index (κ3) is 3.03. The zero-order chi connectivity index (χ0) is 17.3. The van der Waals surface area contributed by atoms with E-state index in [1.165, 1.54) is 12.1 Å². The van der Waals surface area contributed by atoms with Gasteiger partial charge in [0, 0.05) is 37.0 Å². The molecule has 1 heterocycles. The standard InChI is InChI=1S/C18H17N3O3/c1-12-9-15-10-16(5-8-18(15)20(12)13(2)22)19-11-14-3-6-17(7-4-14)21(23)24/h3-8,10-12H,9H2,1-2H3. The SMILES string of the molecule is CC(=O)N1c2ccc(N=Cc3ccc([N+](=O)[O-])cc3)cc2CC1C. The molecular formula is C18H17N3O3. The van der Waals surface area contributed by atoms with Crippen molar-refractivity contribution in [3.05, 3.63) is 63.7 Å². The Kier molecular flexibility index (Phi) is 4.12. The molecule has 1 amide bonds. The van der Waals surface area contributed by atoms with E-state index in [1.807, 2.05) is 25.1 Å². The molecule has 6 heteroatoms. The number of fused-ring (bicyclic) bond motifs is 1. The molecule has 1 aliphatic heterocycles. The topological polar surface area (TPSA) is 75.8 Å². The third-order valence-corrected chi connectivity index (χ3v) is 4.08.